The highest BCUT2D eigenvalue weighted by Gasteiger charge is 2.25. The van der Waals surface area contributed by atoms with Crippen molar-refractivity contribution in [2.75, 3.05) is 23.1 Å². The molecule has 1 aromatic rings. The van der Waals surface area contributed by atoms with E-state index in [1.165, 1.54) is 4.31 Å². The highest BCUT2D eigenvalue weighted by atomic mass is 32.2. The van der Waals surface area contributed by atoms with Crippen molar-refractivity contribution in [2.24, 2.45) is 5.73 Å². The van der Waals surface area contributed by atoms with Crippen LogP contribution < -0.4 is 10.0 Å². The minimum Gasteiger partial charge on any atom is -0.320 e. The third-order valence-corrected chi connectivity index (χ3v) is 4.71. The zero-order chi connectivity index (χ0) is 13.0. The van der Waals surface area contributed by atoms with Crippen LogP contribution in [0.3, 0.4) is 0 Å². The Bertz CT molecular complexity index is 567. The maximum absolute atomic E-state index is 11.9. The van der Waals surface area contributed by atoms with Gasteiger partial charge in [-0.05, 0) is 37.1 Å². The second-order valence-corrected chi connectivity index (χ2v) is 6.16. The molecule has 0 bridgehead atoms. The van der Waals surface area contributed by atoms with Gasteiger partial charge in [0.05, 0.1) is 18.0 Å². The average molecular weight is 264 g/mol. The van der Waals surface area contributed by atoms with Gasteiger partial charge in [-0.2, -0.15) is 0 Å². The van der Waals surface area contributed by atoms with Crippen molar-refractivity contribution in [1.82, 2.24) is 0 Å². The fraction of sp³-hybridized carbons (Fsp3) is 0.385. The van der Waals surface area contributed by atoms with Crippen molar-refractivity contribution >= 4 is 15.7 Å². The van der Waals surface area contributed by atoms with Crippen molar-refractivity contribution in [3.63, 3.8) is 0 Å². The number of hydrogen-bond acceptors (Lipinski definition) is 3. The quantitative estimate of drug-likeness (QED) is 0.767. The summed E-state index contributed by atoms with van der Waals surface area (Å²) in [6.07, 6.45) is 1.66. The summed E-state index contributed by atoms with van der Waals surface area (Å²) in [7, 11) is -3.13. The molecule has 0 radical (unpaired) electrons. The Hall–Kier alpha value is -1.51. The maximum Gasteiger partial charge on any atom is 0.235 e. The zero-order valence-corrected chi connectivity index (χ0v) is 10.9. The van der Waals surface area contributed by atoms with E-state index in [2.05, 4.69) is 11.8 Å². The van der Waals surface area contributed by atoms with E-state index in [4.69, 9.17) is 5.73 Å². The van der Waals surface area contributed by atoms with Gasteiger partial charge < -0.3 is 5.73 Å². The summed E-state index contributed by atoms with van der Waals surface area (Å²) in [6.45, 7) is 0.887. The van der Waals surface area contributed by atoms with Crippen molar-refractivity contribution in [2.45, 2.75) is 12.8 Å². The summed E-state index contributed by atoms with van der Waals surface area (Å²) in [5, 5.41) is 0. The van der Waals surface area contributed by atoms with E-state index in [0.29, 0.717) is 18.8 Å². The first kappa shape index (κ1) is 12.9. The lowest BCUT2D eigenvalue weighted by atomic mass is 10.2. The monoisotopic (exact) mass is 264 g/mol. The number of nitrogens with two attached hydrogens (primary N) is 1. The molecule has 1 fully saturated rings. The van der Waals surface area contributed by atoms with E-state index in [1.807, 2.05) is 12.1 Å². The first-order valence-electron chi connectivity index (χ1n) is 5.93. The zero-order valence-electron chi connectivity index (χ0n) is 10.1. The van der Waals surface area contributed by atoms with Gasteiger partial charge in [0.1, 0.15) is 0 Å². The molecule has 1 saturated heterocycles. The molecule has 96 valence electrons. The fourth-order valence-corrected chi connectivity index (χ4v) is 3.58. The number of benzene rings is 1. The molecule has 5 heteroatoms. The Kier molecular flexibility index (Phi) is 3.90. The topological polar surface area (TPSA) is 63.4 Å². The van der Waals surface area contributed by atoms with Crippen LogP contribution in [0.25, 0.3) is 0 Å². The standard InChI is InChI=1S/C13H16N2O2S/c14-9-3-4-12-5-7-13(8-6-12)15-10-1-2-11-18(15,16)17/h5-8H,1-2,9-11,14H2. The molecule has 0 saturated carbocycles. The van der Waals surface area contributed by atoms with Crippen LogP contribution in [-0.2, 0) is 10.0 Å². The molecule has 0 amide bonds. The van der Waals surface area contributed by atoms with E-state index >= 15 is 0 Å². The van der Waals surface area contributed by atoms with Crippen molar-refractivity contribution in [1.29, 1.82) is 0 Å². The van der Waals surface area contributed by atoms with Crippen LogP contribution in [0.5, 0.6) is 0 Å². The second kappa shape index (κ2) is 5.42. The first-order valence-corrected chi connectivity index (χ1v) is 7.54. The molecule has 0 aliphatic carbocycles. The predicted molar refractivity (Wildman–Crippen MR) is 72.7 cm³/mol. The molecule has 2 rings (SSSR count). The van der Waals surface area contributed by atoms with Crippen LogP contribution in [0.15, 0.2) is 24.3 Å². The molecule has 0 unspecified atom stereocenters. The number of nitrogens with zero attached hydrogens (tertiary/aromatic N) is 1. The molecule has 0 spiro atoms. The SMILES string of the molecule is NCC#Cc1ccc(N2CCCCS2(=O)=O)cc1. The summed E-state index contributed by atoms with van der Waals surface area (Å²) in [4.78, 5) is 0. The third kappa shape index (κ3) is 2.84. The summed E-state index contributed by atoms with van der Waals surface area (Å²) in [5.74, 6) is 5.92. The molecule has 0 atom stereocenters. The molecule has 2 N–H and O–H groups in total. The van der Waals surface area contributed by atoms with E-state index in [9.17, 15) is 8.42 Å². The van der Waals surface area contributed by atoms with E-state index in [0.717, 1.165) is 18.4 Å². The molecule has 4 nitrogen and oxygen atoms in total. The minimum atomic E-state index is -3.13. The Morgan fingerprint density at radius 2 is 1.94 bits per heavy atom. The summed E-state index contributed by atoms with van der Waals surface area (Å²) in [6, 6.07) is 7.23. The first-order chi connectivity index (χ1) is 8.63. The van der Waals surface area contributed by atoms with Gasteiger partial charge in [0, 0.05) is 12.1 Å². The highest BCUT2D eigenvalue weighted by molar-refractivity contribution is 7.92. The normalized spacial score (nSPS) is 17.9. The molecule has 1 aliphatic rings. The van der Waals surface area contributed by atoms with Gasteiger partial charge in [0.2, 0.25) is 10.0 Å². The Morgan fingerprint density at radius 1 is 1.22 bits per heavy atom. The maximum atomic E-state index is 11.9. The van der Waals surface area contributed by atoms with Gasteiger partial charge in [0.25, 0.3) is 0 Å². The third-order valence-electron chi connectivity index (χ3n) is 2.84. The van der Waals surface area contributed by atoms with Crippen molar-refractivity contribution in [3.8, 4) is 11.8 Å². The summed E-state index contributed by atoms with van der Waals surface area (Å²) < 4.78 is 25.3. The lowest BCUT2D eigenvalue weighted by Gasteiger charge is -2.28. The Labute approximate surface area is 108 Å². The molecular formula is C13H16N2O2S. The van der Waals surface area contributed by atoms with E-state index in [-0.39, 0.29) is 5.75 Å². The minimum absolute atomic E-state index is 0.238. The van der Waals surface area contributed by atoms with Gasteiger partial charge >= 0.3 is 0 Å². The predicted octanol–water partition coefficient (Wildman–Crippen LogP) is 0.927. The van der Waals surface area contributed by atoms with Crippen LogP contribution in [0, 0.1) is 11.8 Å². The van der Waals surface area contributed by atoms with Crippen LogP contribution in [0.4, 0.5) is 5.69 Å². The Balaban J connectivity index is 2.24. The molecule has 1 heterocycles. The van der Waals surface area contributed by atoms with Crippen LogP contribution in [0.2, 0.25) is 0 Å². The van der Waals surface area contributed by atoms with Gasteiger partial charge in [-0.15, -0.1) is 0 Å². The molecule has 18 heavy (non-hydrogen) atoms. The average Bonchev–Trinajstić information content (AvgIpc) is 2.37. The van der Waals surface area contributed by atoms with Gasteiger partial charge in [-0.3, -0.25) is 4.31 Å². The van der Waals surface area contributed by atoms with Crippen LogP contribution in [0.1, 0.15) is 18.4 Å². The van der Waals surface area contributed by atoms with Crippen LogP contribution in [-0.4, -0.2) is 27.3 Å². The van der Waals surface area contributed by atoms with Crippen LogP contribution >= 0.6 is 0 Å². The van der Waals surface area contributed by atoms with Gasteiger partial charge in [-0.1, -0.05) is 11.8 Å². The summed E-state index contributed by atoms with van der Waals surface area (Å²) >= 11 is 0. The molecule has 0 aromatic heterocycles. The number of rotatable bonds is 1. The van der Waals surface area contributed by atoms with Crippen molar-refractivity contribution < 1.29 is 8.42 Å². The lowest BCUT2D eigenvalue weighted by Crippen LogP contribution is -2.37. The van der Waals surface area contributed by atoms with Crippen molar-refractivity contribution in [3.05, 3.63) is 29.8 Å². The van der Waals surface area contributed by atoms with Gasteiger partial charge in [0.15, 0.2) is 0 Å². The molecular weight excluding hydrogens is 248 g/mol. The number of hydrogen-bond donors (Lipinski definition) is 1. The molecule has 1 aliphatic heterocycles. The number of anilines is 1. The largest absolute Gasteiger partial charge is 0.320 e. The molecule has 1 aromatic carbocycles. The highest BCUT2D eigenvalue weighted by Crippen LogP contribution is 2.23. The lowest BCUT2D eigenvalue weighted by molar-refractivity contribution is 0.574. The van der Waals surface area contributed by atoms with E-state index in [1.54, 1.807) is 12.1 Å². The number of sulfonamides is 1. The second-order valence-electron chi connectivity index (χ2n) is 4.15. The smallest absolute Gasteiger partial charge is 0.235 e. The van der Waals surface area contributed by atoms with E-state index < -0.39 is 10.0 Å². The fourth-order valence-electron chi connectivity index (χ4n) is 1.94. The van der Waals surface area contributed by atoms with Gasteiger partial charge in [-0.25, -0.2) is 8.42 Å². The summed E-state index contributed by atoms with van der Waals surface area (Å²) in [5.41, 5.74) is 6.86. The Morgan fingerprint density at radius 3 is 2.56 bits per heavy atom.